The molecule has 1 aliphatic rings. The number of para-hydroxylation sites is 1. The van der Waals surface area contributed by atoms with Gasteiger partial charge in [0.2, 0.25) is 0 Å². The fourth-order valence-corrected chi connectivity index (χ4v) is 3.17. The van der Waals surface area contributed by atoms with Crippen LogP contribution in [0.15, 0.2) is 65.1 Å². The number of rotatable bonds is 3. The molecule has 25 heavy (non-hydrogen) atoms. The molecule has 2 aromatic carbocycles. The van der Waals surface area contributed by atoms with Gasteiger partial charge in [-0.3, -0.25) is 4.79 Å². The van der Waals surface area contributed by atoms with Gasteiger partial charge in [0.25, 0.3) is 5.91 Å². The minimum Gasteiger partial charge on any atom is -0.324 e. The summed E-state index contributed by atoms with van der Waals surface area (Å²) in [5, 5.41) is 11.2. The molecule has 0 radical (unpaired) electrons. The van der Waals surface area contributed by atoms with Gasteiger partial charge in [0.05, 0.1) is 0 Å². The van der Waals surface area contributed by atoms with Crippen molar-refractivity contribution in [2.75, 3.05) is 16.8 Å². The highest BCUT2D eigenvalue weighted by molar-refractivity contribution is 9.10. The van der Waals surface area contributed by atoms with Gasteiger partial charge in [0, 0.05) is 22.3 Å². The van der Waals surface area contributed by atoms with Crippen molar-refractivity contribution in [2.24, 2.45) is 0 Å². The molecular weight excluding hydrogens is 380 g/mol. The predicted octanol–water partition coefficient (Wildman–Crippen LogP) is 4.19. The summed E-state index contributed by atoms with van der Waals surface area (Å²) < 4.78 is 0.930. The van der Waals surface area contributed by atoms with E-state index >= 15 is 0 Å². The smallest absolute Gasteiger partial charge is 0.256 e. The van der Waals surface area contributed by atoms with E-state index in [1.807, 2.05) is 24.3 Å². The second-order valence-electron chi connectivity index (χ2n) is 5.77. The van der Waals surface area contributed by atoms with E-state index in [0.717, 1.165) is 23.3 Å². The topological polar surface area (TPSA) is 58.1 Å². The first-order valence-electron chi connectivity index (χ1n) is 7.97. The zero-order chi connectivity index (χ0) is 17.2. The third-order valence-corrected chi connectivity index (χ3v) is 4.69. The van der Waals surface area contributed by atoms with E-state index in [-0.39, 0.29) is 5.91 Å². The molecule has 4 rings (SSSR count). The first-order chi connectivity index (χ1) is 12.2. The van der Waals surface area contributed by atoms with Crippen molar-refractivity contribution in [3.8, 4) is 0 Å². The van der Waals surface area contributed by atoms with Gasteiger partial charge < -0.3 is 10.2 Å². The predicted molar refractivity (Wildman–Crippen MR) is 101 cm³/mol. The molecule has 0 saturated carbocycles. The summed E-state index contributed by atoms with van der Waals surface area (Å²) in [4.78, 5) is 14.4. The lowest BCUT2D eigenvalue weighted by atomic mass is 10.2. The number of fused-ring (bicyclic) bond motifs is 1. The Balaban J connectivity index is 1.49. The Hall–Kier alpha value is -2.73. The molecule has 0 atom stereocenters. The first kappa shape index (κ1) is 15.8. The Morgan fingerprint density at radius 2 is 1.80 bits per heavy atom. The molecule has 1 aliphatic heterocycles. The molecule has 0 bridgehead atoms. The molecule has 6 heteroatoms. The molecule has 0 aliphatic carbocycles. The number of halogens is 1. The quantitative estimate of drug-likeness (QED) is 0.723. The highest BCUT2D eigenvalue weighted by Crippen LogP contribution is 2.32. The summed E-state index contributed by atoms with van der Waals surface area (Å²) in [6, 6.07) is 19.1. The summed E-state index contributed by atoms with van der Waals surface area (Å²) in [5.74, 6) is 1.01. The average Bonchev–Trinajstić information content (AvgIpc) is 3.07. The van der Waals surface area contributed by atoms with E-state index in [4.69, 9.17) is 0 Å². The van der Waals surface area contributed by atoms with E-state index < -0.39 is 0 Å². The molecule has 0 saturated heterocycles. The molecule has 1 amide bonds. The summed E-state index contributed by atoms with van der Waals surface area (Å²) in [5.41, 5.74) is 3.06. The summed E-state index contributed by atoms with van der Waals surface area (Å²) in [6.45, 7) is 0.888. The number of hydrogen-bond donors (Lipinski definition) is 1. The number of carbonyl (C=O) groups excluding carboxylic acids is 1. The zero-order valence-corrected chi connectivity index (χ0v) is 14.9. The number of nitrogens with zero attached hydrogens (tertiary/aromatic N) is 3. The Kier molecular flexibility index (Phi) is 4.19. The second-order valence-corrected chi connectivity index (χ2v) is 6.68. The van der Waals surface area contributed by atoms with Gasteiger partial charge in [-0.25, -0.2) is 0 Å². The van der Waals surface area contributed by atoms with Gasteiger partial charge in [-0.1, -0.05) is 34.1 Å². The van der Waals surface area contributed by atoms with E-state index in [2.05, 4.69) is 54.5 Å². The maximum absolute atomic E-state index is 12.2. The fourth-order valence-electron chi connectivity index (χ4n) is 2.90. The molecular formula is C19H15BrN4O. The van der Waals surface area contributed by atoms with E-state index in [1.54, 1.807) is 18.2 Å². The lowest BCUT2D eigenvalue weighted by Crippen LogP contribution is -2.17. The number of carbonyl (C=O) groups is 1. The number of aromatic nitrogens is 2. The van der Waals surface area contributed by atoms with Crippen LogP contribution in [0.25, 0.3) is 0 Å². The van der Waals surface area contributed by atoms with Gasteiger partial charge in [-0.05, 0) is 54.4 Å². The van der Waals surface area contributed by atoms with Crippen molar-refractivity contribution in [1.29, 1.82) is 0 Å². The standard InChI is InChI=1S/C19H15BrN4O/c20-15-7-5-14(6-8-15)19(25)21-17-9-10-18(23-22-17)24-12-11-13-3-1-2-4-16(13)24/h1-10H,11-12H2,(H,21,22,25). The number of amides is 1. The van der Waals surface area contributed by atoms with Crippen LogP contribution in [0.4, 0.5) is 17.3 Å². The third kappa shape index (κ3) is 3.25. The molecule has 1 aromatic heterocycles. The average molecular weight is 395 g/mol. The van der Waals surface area contributed by atoms with Crippen LogP contribution in [0.1, 0.15) is 15.9 Å². The minimum atomic E-state index is -0.207. The van der Waals surface area contributed by atoms with Crippen molar-refractivity contribution in [1.82, 2.24) is 10.2 Å². The highest BCUT2D eigenvalue weighted by Gasteiger charge is 2.21. The summed E-state index contributed by atoms with van der Waals surface area (Å²) in [6.07, 6.45) is 1.000. The number of hydrogen-bond acceptors (Lipinski definition) is 4. The van der Waals surface area contributed by atoms with Crippen molar-refractivity contribution < 1.29 is 4.79 Å². The van der Waals surface area contributed by atoms with Crippen molar-refractivity contribution >= 4 is 39.2 Å². The van der Waals surface area contributed by atoms with E-state index in [1.165, 1.54) is 11.3 Å². The fraction of sp³-hybridized carbons (Fsp3) is 0.105. The maximum atomic E-state index is 12.2. The van der Waals surface area contributed by atoms with Crippen LogP contribution in [0.2, 0.25) is 0 Å². The van der Waals surface area contributed by atoms with Crippen LogP contribution in [-0.2, 0) is 6.42 Å². The maximum Gasteiger partial charge on any atom is 0.256 e. The third-order valence-electron chi connectivity index (χ3n) is 4.16. The molecule has 124 valence electrons. The Morgan fingerprint density at radius 1 is 1.00 bits per heavy atom. The van der Waals surface area contributed by atoms with Gasteiger partial charge in [0.15, 0.2) is 11.6 Å². The molecule has 0 unspecified atom stereocenters. The first-order valence-corrected chi connectivity index (χ1v) is 8.76. The molecule has 0 spiro atoms. The van der Waals surface area contributed by atoms with Crippen molar-refractivity contribution in [2.45, 2.75) is 6.42 Å². The van der Waals surface area contributed by atoms with Gasteiger partial charge in [0.1, 0.15) is 0 Å². The van der Waals surface area contributed by atoms with Gasteiger partial charge >= 0.3 is 0 Å². The lowest BCUT2D eigenvalue weighted by Gasteiger charge is -2.17. The lowest BCUT2D eigenvalue weighted by molar-refractivity contribution is 0.102. The SMILES string of the molecule is O=C(Nc1ccc(N2CCc3ccccc32)nn1)c1ccc(Br)cc1. The molecule has 3 aromatic rings. The van der Waals surface area contributed by atoms with E-state index in [9.17, 15) is 4.79 Å². The molecule has 1 N–H and O–H groups in total. The van der Waals surface area contributed by atoms with Crippen LogP contribution in [-0.4, -0.2) is 22.6 Å². The van der Waals surface area contributed by atoms with Gasteiger partial charge in [-0.15, -0.1) is 10.2 Å². The molecule has 5 nitrogen and oxygen atoms in total. The number of nitrogens with one attached hydrogen (secondary N) is 1. The summed E-state index contributed by atoms with van der Waals surface area (Å²) >= 11 is 3.35. The van der Waals surface area contributed by atoms with E-state index in [0.29, 0.717) is 11.4 Å². The number of anilines is 3. The Bertz CT molecular complexity index is 909. The monoisotopic (exact) mass is 394 g/mol. The minimum absolute atomic E-state index is 0.207. The van der Waals surface area contributed by atoms with Gasteiger partial charge in [-0.2, -0.15) is 0 Å². The molecule has 0 fully saturated rings. The van der Waals surface area contributed by atoms with Crippen LogP contribution < -0.4 is 10.2 Å². The van der Waals surface area contributed by atoms with Crippen LogP contribution >= 0.6 is 15.9 Å². The second kappa shape index (κ2) is 6.64. The van der Waals surface area contributed by atoms with Crippen LogP contribution in [0, 0.1) is 0 Å². The highest BCUT2D eigenvalue weighted by atomic mass is 79.9. The Morgan fingerprint density at radius 3 is 2.56 bits per heavy atom. The van der Waals surface area contributed by atoms with Crippen molar-refractivity contribution in [3.63, 3.8) is 0 Å². The number of benzene rings is 2. The Labute approximate surface area is 153 Å². The largest absolute Gasteiger partial charge is 0.324 e. The summed E-state index contributed by atoms with van der Waals surface area (Å²) in [7, 11) is 0. The zero-order valence-electron chi connectivity index (χ0n) is 13.3. The van der Waals surface area contributed by atoms with Crippen LogP contribution in [0.3, 0.4) is 0 Å². The van der Waals surface area contributed by atoms with Crippen LogP contribution in [0.5, 0.6) is 0 Å². The molecule has 2 heterocycles. The normalized spacial score (nSPS) is 12.8. The van der Waals surface area contributed by atoms with Crippen molar-refractivity contribution in [3.05, 3.63) is 76.3 Å².